The van der Waals surface area contributed by atoms with Crippen LogP contribution in [0.3, 0.4) is 0 Å². The summed E-state index contributed by atoms with van der Waals surface area (Å²) in [7, 11) is 0. The predicted molar refractivity (Wildman–Crippen MR) is 86.9 cm³/mol. The van der Waals surface area contributed by atoms with Crippen LogP contribution in [0.4, 0.5) is 0 Å². The molecular weight excluding hydrogens is 324 g/mol. The molecule has 0 spiro atoms. The molecule has 1 aromatic carbocycles. The van der Waals surface area contributed by atoms with E-state index < -0.39 is 0 Å². The zero-order chi connectivity index (χ0) is 17.6. The van der Waals surface area contributed by atoms with E-state index in [0.29, 0.717) is 36.7 Å². The summed E-state index contributed by atoms with van der Waals surface area (Å²) >= 11 is 0. The Morgan fingerprint density at radius 3 is 2.80 bits per heavy atom. The molecule has 3 rings (SSSR count). The second-order valence-corrected chi connectivity index (χ2v) is 5.66. The number of benzene rings is 1. The molecule has 0 unspecified atom stereocenters. The Labute approximate surface area is 144 Å². The molecular formula is C18H18N2O5. The third-order valence-corrected chi connectivity index (χ3v) is 3.92. The lowest BCUT2D eigenvalue weighted by Gasteiger charge is -2.32. The molecule has 1 fully saturated rings. The lowest BCUT2D eigenvalue weighted by molar-refractivity contribution is -0.00324. The van der Waals surface area contributed by atoms with E-state index in [0.717, 1.165) is 0 Å². The number of carbonyl (C=O) groups excluding carboxylic acids is 1. The van der Waals surface area contributed by atoms with Crippen LogP contribution in [-0.2, 0) is 11.3 Å². The summed E-state index contributed by atoms with van der Waals surface area (Å²) in [5, 5.41) is 20.7. The molecule has 7 heteroatoms. The van der Waals surface area contributed by atoms with Crippen molar-refractivity contribution in [2.75, 3.05) is 13.2 Å². The number of carbonyl (C=O) groups is 1. The van der Waals surface area contributed by atoms with Gasteiger partial charge in [0.15, 0.2) is 5.76 Å². The van der Waals surface area contributed by atoms with Crippen LogP contribution in [0.2, 0.25) is 0 Å². The number of aliphatic hydroxyl groups is 1. The number of nitrogens with one attached hydrogen (secondary N) is 1. The van der Waals surface area contributed by atoms with Crippen LogP contribution in [0.5, 0.6) is 5.75 Å². The van der Waals surface area contributed by atoms with Gasteiger partial charge in [0.1, 0.15) is 24.2 Å². The van der Waals surface area contributed by atoms with E-state index >= 15 is 0 Å². The maximum absolute atomic E-state index is 12.3. The smallest absolute Gasteiger partial charge is 0.287 e. The van der Waals surface area contributed by atoms with Crippen molar-refractivity contribution in [3.05, 3.63) is 53.5 Å². The van der Waals surface area contributed by atoms with Crippen molar-refractivity contribution in [1.82, 2.24) is 5.32 Å². The third-order valence-electron chi connectivity index (χ3n) is 3.92. The topological polar surface area (TPSA) is 105 Å². The summed E-state index contributed by atoms with van der Waals surface area (Å²) in [6.45, 7) is 0.618. The Bertz CT molecular complexity index is 763. The highest BCUT2D eigenvalue weighted by atomic mass is 16.5. The average molecular weight is 342 g/mol. The van der Waals surface area contributed by atoms with Crippen molar-refractivity contribution < 1.29 is 23.8 Å². The summed E-state index contributed by atoms with van der Waals surface area (Å²) < 4.78 is 16.6. The minimum absolute atomic E-state index is 0.131. The number of rotatable bonds is 5. The minimum Gasteiger partial charge on any atom is -0.488 e. The van der Waals surface area contributed by atoms with Crippen molar-refractivity contribution in [3.63, 3.8) is 0 Å². The van der Waals surface area contributed by atoms with Crippen LogP contribution in [-0.4, -0.2) is 36.4 Å². The summed E-state index contributed by atoms with van der Waals surface area (Å²) in [5.41, 5.74) is 0.557. The first kappa shape index (κ1) is 17.0. The lowest BCUT2D eigenvalue weighted by Crippen LogP contribution is -2.51. The second-order valence-electron chi connectivity index (χ2n) is 5.66. The van der Waals surface area contributed by atoms with E-state index in [1.807, 2.05) is 0 Å². The molecule has 1 amide bonds. The van der Waals surface area contributed by atoms with Gasteiger partial charge < -0.3 is 24.3 Å². The number of nitrogens with zero attached hydrogens (tertiary/aromatic N) is 1. The fourth-order valence-electron chi connectivity index (χ4n) is 2.60. The number of nitriles is 1. The monoisotopic (exact) mass is 342 g/mol. The molecule has 130 valence electrons. The summed E-state index contributed by atoms with van der Waals surface area (Å²) in [6, 6.07) is 11.6. The van der Waals surface area contributed by atoms with Crippen molar-refractivity contribution in [2.45, 2.75) is 25.2 Å². The van der Waals surface area contributed by atoms with E-state index in [9.17, 15) is 4.79 Å². The van der Waals surface area contributed by atoms with E-state index in [4.69, 9.17) is 24.3 Å². The fourth-order valence-corrected chi connectivity index (χ4v) is 2.60. The zero-order valence-electron chi connectivity index (χ0n) is 13.5. The van der Waals surface area contributed by atoms with Crippen LogP contribution in [0.25, 0.3) is 0 Å². The van der Waals surface area contributed by atoms with Gasteiger partial charge in [0.2, 0.25) is 0 Å². The van der Waals surface area contributed by atoms with Crippen molar-refractivity contribution in [1.29, 1.82) is 5.26 Å². The average Bonchev–Trinajstić information content (AvgIpc) is 3.13. The summed E-state index contributed by atoms with van der Waals surface area (Å²) in [5.74, 6) is 0.705. The van der Waals surface area contributed by atoms with Gasteiger partial charge in [0.05, 0.1) is 30.9 Å². The van der Waals surface area contributed by atoms with Crippen molar-refractivity contribution in [2.24, 2.45) is 0 Å². The number of furan rings is 1. The quantitative estimate of drug-likeness (QED) is 0.855. The molecule has 0 saturated carbocycles. The van der Waals surface area contributed by atoms with Crippen molar-refractivity contribution in [3.8, 4) is 11.8 Å². The molecule has 1 saturated heterocycles. The molecule has 2 atom stereocenters. The second kappa shape index (κ2) is 7.83. The van der Waals surface area contributed by atoms with E-state index in [2.05, 4.69) is 11.4 Å². The maximum atomic E-state index is 12.3. The summed E-state index contributed by atoms with van der Waals surface area (Å²) in [6.07, 6.45) is 0.378. The largest absolute Gasteiger partial charge is 0.488 e. The molecule has 1 aliphatic rings. The zero-order valence-corrected chi connectivity index (χ0v) is 13.5. The van der Waals surface area contributed by atoms with Crippen molar-refractivity contribution >= 4 is 5.91 Å². The third kappa shape index (κ3) is 4.18. The minimum atomic E-state index is -0.386. The predicted octanol–water partition coefficient (Wildman–Crippen LogP) is 1.61. The Morgan fingerprint density at radius 1 is 1.32 bits per heavy atom. The van der Waals surface area contributed by atoms with Gasteiger partial charge in [0, 0.05) is 6.42 Å². The molecule has 0 aliphatic carbocycles. The molecule has 25 heavy (non-hydrogen) atoms. The Balaban J connectivity index is 1.65. The standard InChI is InChI=1S/C18H18N2O5/c19-9-12-1-3-13(4-2-12)24-16-7-8-23-11-15(16)20-18(22)17-6-5-14(10-21)25-17/h1-6,15-16,21H,7-8,10-11H2,(H,20,22)/t15-,16-/m1/s1. The van der Waals surface area contributed by atoms with Crippen LogP contribution < -0.4 is 10.1 Å². The number of ether oxygens (including phenoxy) is 2. The number of amides is 1. The molecule has 0 bridgehead atoms. The van der Waals surface area contributed by atoms with Crippen LogP contribution >= 0.6 is 0 Å². The van der Waals surface area contributed by atoms with Crippen LogP contribution in [0.1, 0.15) is 28.3 Å². The highest BCUT2D eigenvalue weighted by Gasteiger charge is 2.30. The normalized spacial score (nSPS) is 19.8. The van der Waals surface area contributed by atoms with E-state index in [-0.39, 0.29) is 30.4 Å². The highest BCUT2D eigenvalue weighted by molar-refractivity contribution is 5.91. The first-order valence-electron chi connectivity index (χ1n) is 7.94. The molecule has 7 nitrogen and oxygen atoms in total. The number of hydrogen-bond acceptors (Lipinski definition) is 6. The van der Waals surface area contributed by atoms with E-state index in [1.54, 1.807) is 30.3 Å². The highest BCUT2D eigenvalue weighted by Crippen LogP contribution is 2.19. The van der Waals surface area contributed by atoms with Crippen LogP contribution in [0, 0.1) is 11.3 Å². The molecule has 2 aromatic rings. The van der Waals surface area contributed by atoms with Gasteiger partial charge in [-0.15, -0.1) is 0 Å². The molecule has 2 N–H and O–H groups in total. The number of hydrogen-bond donors (Lipinski definition) is 2. The Kier molecular flexibility index (Phi) is 5.33. The summed E-state index contributed by atoms with van der Waals surface area (Å²) in [4.78, 5) is 12.3. The van der Waals surface area contributed by atoms with Gasteiger partial charge in [-0.1, -0.05) is 0 Å². The maximum Gasteiger partial charge on any atom is 0.287 e. The molecule has 1 aromatic heterocycles. The van der Waals surface area contributed by atoms with Gasteiger partial charge in [-0.2, -0.15) is 5.26 Å². The van der Waals surface area contributed by atoms with Gasteiger partial charge in [-0.3, -0.25) is 4.79 Å². The van der Waals surface area contributed by atoms with Crippen LogP contribution in [0.15, 0.2) is 40.8 Å². The molecule has 0 radical (unpaired) electrons. The SMILES string of the molecule is N#Cc1ccc(O[C@@H]2CCOC[C@H]2NC(=O)c2ccc(CO)o2)cc1. The Morgan fingerprint density at radius 2 is 2.12 bits per heavy atom. The molecule has 2 heterocycles. The first-order valence-corrected chi connectivity index (χ1v) is 7.94. The van der Waals surface area contributed by atoms with Gasteiger partial charge >= 0.3 is 0 Å². The Hall–Kier alpha value is -2.82. The van der Waals surface area contributed by atoms with Gasteiger partial charge in [0.25, 0.3) is 5.91 Å². The number of aliphatic hydroxyl groups excluding tert-OH is 1. The fraction of sp³-hybridized carbons (Fsp3) is 0.333. The van der Waals surface area contributed by atoms with Gasteiger partial charge in [-0.05, 0) is 36.4 Å². The van der Waals surface area contributed by atoms with E-state index in [1.165, 1.54) is 6.07 Å². The first-order chi connectivity index (χ1) is 12.2. The van der Waals surface area contributed by atoms with Gasteiger partial charge in [-0.25, -0.2) is 0 Å². The molecule has 1 aliphatic heterocycles. The lowest BCUT2D eigenvalue weighted by atomic mass is 10.1.